The summed E-state index contributed by atoms with van der Waals surface area (Å²) in [4.78, 5) is 0. The Morgan fingerprint density at radius 1 is 1.19 bits per heavy atom. The van der Waals surface area contributed by atoms with Gasteiger partial charge in [-0.3, -0.25) is 0 Å². The lowest BCUT2D eigenvalue weighted by Crippen LogP contribution is -2.39. The van der Waals surface area contributed by atoms with Crippen LogP contribution in [0.5, 0.6) is 11.5 Å². The normalized spacial score (nSPS) is 22.7. The van der Waals surface area contributed by atoms with Gasteiger partial charge in [0.1, 0.15) is 13.2 Å². The van der Waals surface area contributed by atoms with Crippen molar-refractivity contribution in [2.24, 2.45) is 0 Å². The summed E-state index contributed by atoms with van der Waals surface area (Å²) in [5, 5.41) is 0. The van der Waals surface area contributed by atoms with Crippen molar-refractivity contribution >= 4 is 10.2 Å². The minimum atomic E-state index is -3.40. The van der Waals surface area contributed by atoms with E-state index in [1.165, 1.54) is 4.31 Å². The number of hydrogen-bond acceptors (Lipinski definition) is 4. The Hall–Kier alpha value is -1.31. The largest absolute Gasteiger partial charge is 0.486 e. The number of benzene rings is 1. The van der Waals surface area contributed by atoms with Crippen LogP contribution < -0.4 is 9.47 Å². The Kier molecular flexibility index (Phi) is 3.81. The van der Waals surface area contributed by atoms with E-state index < -0.39 is 10.2 Å². The van der Waals surface area contributed by atoms with Gasteiger partial charge in [0.2, 0.25) is 0 Å². The summed E-state index contributed by atoms with van der Waals surface area (Å²) >= 11 is 0. The Labute approximate surface area is 125 Å². The van der Waals surface area contributed by atoms with Gasteiger partial charge in [-0.25, -0.2) is 0 Å². The summed E-state index contributed by atoms with van der Waals surface area (Å²) in [5.74, 6) is 1.43. The molecule has 0 unspecified atom stereocenters. The van der Waals surface area contributed by atoms with Crippen LogP contribution in [0.1, 0.15) is 24.4 Å². The van der Waals surface area contributed by atoms with Gasteiger partial charge in [-0.05, 0) is 30.5 Å². The van der Waals surface area contributed by atoms with Crippen LogP contribution in [0, 0.1) is 0 Å². The molecule has 21 heavy (non-hydrogen) atoms. The Morgan fingerprint density at radius 3 is 2.62 bits per heavy atom. The standard InChI is InChI=1S/C14H20N2O4S/c1-15(2)21(17,18)16-7-3-4-12(16)11-5-6-13-14(10-11)20-9-8-19-13/h5-6,10,12H,3-4,7-9H2,1-2H3/t12-/m1/s1. The highest BCUT2D eigenvalue weighted by Crippen LogP contribution is 2.39. The van der Waals surface area contributed by atoms with Gasteiger partial charge >= 0.3 is 0 Å². The summed E-state index contributed by atoms with van der Waals surface area (Å²) in [6.45, 7) is 1.64. The Balaban J connectivity index is 1.92. The minimum absolute atomic E-state index is 0.131. The molecule has 0 spiro atoms. The topological polar surface area (TPSA) is 59.1 Å². The number of ether oxygens (including phenoxy) is 2. The smallest absolute Gasteiger partial charge is 0.282 e. The van der Waals surface area contributed by atoms with Gasteiger partial charge in [0.15, 0.2) is 11.5 Å². The lowest BCUT2D eigenvalue weighted by atomic mass is 10.0. The molecule has 2 heterocycles. The van der Waals surface area contributed by atoms with Crippen LogP contribution in [0.25, 0.3) is 0 Å². The molecule has 2 aliphatic heterocycles. The lowest BCUT2D eigenvalue weighted by Gasteiger charge is -2.28. The molecule has 0 aliphatic carbocycles. The summed E-state index contributed by atoms with van der Waals surface area (Å²) in [5.41, 5.74) is 0.960. The van der Waals surface area contributed by atoms with Crippen molar-refractivity contribution < 1.29 is 17.9 Å². The fraction of sp³-hybridized carbons (Fsp3) is 0.571. The van der Waals surface area contributed by atoms with E-state index in [-0.39, 0.29) is 6.04 Å². The van der Waals surface area contributed by atoms with Crippen LogP contribution in [0.3, 0.4) is 0 Å². The number of hydrogen-bond donors (Lipinski definition) is 0. The molecule has 1 saturated heterocycles. The average Bonchev–Trinajstić information content (AvgIpc) is 2.96. The van der Waals surface area contributed by atoms with Crippen molar-refractivity contribution in [1.82, 2.24) is 8.61 Å². The maximum absolute atomic E-state index is 12.4. The van der Waals surface area contributed by atoms with Crippen molar-refractivity contribution in [1.29, 1.82) is 0 Å². The van der Waals surface area contributed by atoms with Crippen molar-refractivity contribution in [3.8, 4) is 11.5 Å². The van der Waals surface area contributed by atoms with Crippen molar-refractivity contribution in [2.45, 2.75) is 18.9 Å². The van der Waals surface area contributed by atoms with E-state index in [0.717, 1.165) is 24.2 Å². The first-order valence-corrected chi connectivity index (χ1v) is 8.48. The third-order valence-electron chi connectivity index (χ3n) is 3.91. The SMILES string of the molecule is CN(C)S(=O)(=O)N1CCC[C@@H]1c1ccc2c(c1)OCCO2. The molecular formula is C14H20N2O4S. The van der Waals surface area contributed by atoms with E-state index in [9.17, 15) is 8.42 Å². The molecule has 0 aromatic heterocycles. The van der Waals surface area contributed by atoms with E-state index in [4.69, 9.17) is 9.47 Å². The van der Waals surface area contributed by atoms with E-state index in [0.29, 0.717) is 25.5 Å². The first-order valence-electron chi connectivity index (χ1n) is 7.09. The van der Waals surface area contributed by atoms with E-state index in [1.54, 1.807) is 18.4 Å². The predicted octanol–water partition coefficient (Wildman–Crippen LogP) is 1.40. The molecule has 0 amide bonds. The zero-order valence-corrected chi connectivity index (χ0v) is 13.1. The maximum Gasteiger partial charge on any atom is 0.282 e. The number of rotatable bonds is 3. The Bertz CT molecular complexity index is 630. The molecule has 0 bridgehead atoms. The number of nitrogens with zero attached hydrogens (tertiary/aromatic N) is 2. The zero-order valence-electron chi connectivity index (χ0n) is 12.3. The van der Waals surface area contributed by atoms with Gasteiger partial charge in [-0.1, -0.05) is 6.07 Å². The summed E-state index contributed by atoms with van der Waals surface area (Å²) < 4.78 is 38.7. The summed E-state index contributed by atoms with van der Waals surface area (Å²) in [6, 6.07) is 5.57. The fourth-order valence-corrected chi connectivity index (χ4v) is 4.15. The molecule has 7 heteroatoms. The van der Waals surface area contributed by atoms with Gasteiger partial charge in [0.05, 0.1) is 6.04 Å². The fourth-order valence-electron chi connectivity index (χ4n) is 2.83. The second kappa shape index (κ2) is 5.47. The third-order valence-corrected chi connectivity index (χ3v) is 5.87. The highest BCUT2D eigenvalue weighted by Gasteiger charge is 2.36. The van der Waals surface area contributed by atoms with E-state index in [1.807, 2.05) is 18.2 Å². The maximum atomic E-state index is 12.4. The molecule has 1 aromatic rings. The van der Waals surface area contributed by atoms with Crippen LogP contribution >= 0.6 is 0 Å². The van der Waals surface area contributed by atoms with Crippen LogP contribution in [-0.4, -0.2) is 50.9 Å². The third kappa shape index (κ3) is 2.61. The quantitative estimate of drug-likeness (QED) is 0.846. The molecule has 6 nitrogen and oxygen atoms in total. The molecular weight excluding hydrogens is 292 g/mol. The molecule has 3 rings (SSSR count). The van der Waals surface area contributed by atoms with Crippen molar-refractivity contribution in [3.05, 3.63) is 23.8 Å². The van der Waals surface area contributed by atoms with Crippen molar-refractivity contribution in [2.75, 3.05) is 33.9 Å². The molecule has 116 valence electrons. The van der Waals surface area contributed by atoms with Crippen LogP contribution in [-0.2, 0) is 10.2 Å². The van der Waals surface area contributed by atoms with Crippen LogP contribution in [0.15, 0.2) is 18.2 Å². The minimum Gasteiger partial charge on any atom is -0.486 e. The molecule has 0 radical (unpaired) electrons. The number of fused-ring (bicyclic) bond motifs is 1. The summed E-state index contributed by atoms with van der Waals surface area (Å²) in [7, 11) is -0.273. The molecule has 1 atom stereocenters. The second-order valence-corrected chi connectivity index (χ2v) is 7.56. The van der Waals surface area contributed by atoms with Gasteiger partial charge < -0.3 is 9.47 Å². The Morgan fingerprint density at radius 2 is 1.90 bits per heavy atom. The highest BCUT2D eigenvalue weighted by atomic mass is 32.2. The van der Waals surface area contributed by atoms with E-state index in [2.05, 4.69) is 0 Å². The molecule has 1 fully saturated rings. The highest BCUT2D eigenvalue weighted by molar-refractivity contribution is 7.86. The molecule has 2 aliphatic rings. The monoisotopic (exact) mass is 312 g/mol. The van der Waals surface area contributed by atoms with Gasteiger partial charge in [-0.2, -0.15) is 17.0 Å². The van der Waals surface area contributed by atoms with Crippen molar-refractivity contribution in [3.63, 3.8) is 0 Å². The van der Waals surface area contributed by atoms with Crippen LogP contribution in [0.2, 0.25) is 0 Å². The predicted molar refractivity (Wildman–Crippen MR) is 78.7 cm³/mol. The second-order valence-electron chi connectivity index (χ2n) is 5.46. The van der Waals surface area contributed by atoms with Gasteiger partial charge in [0, 0.05) is 20.6 Å². The van der Waals surface area contributed by atoms with Crippen LogP contribution in [0.4, 0.5) is 0 Å². The van der Waals surface area contributed by atoms with E-state index >= 15 is 0 Å². The lowest BCUT2D eigenvalue weighted by molar-refractivity contribution is 0.171. The van der Waals surface area contributed by atoms with Gasteiger partial charge in [0.25, 0.3) is 10.2 Å². The molecule has 0 saturated carbocycles. The van der Waals surface area contributed by atoms with Gasteiger partial charge in [-0.15, -0.1) is 0 Å². The molecule has 1 aromatic carbocycles. The zero-order chi connectivity index (χ0) is 15.0. The molecule has 0 N–H and O–H groups in total. The summed E-state index contributed by atoms with van der Waals surface area (Å²) in [6.07, 6.45) is 1.69. The average molecular weight is 312 g/mol. The first-order chi connectivity index (χ1) is 10.00. The first kappa shape index (κ1) is 14.6.